The van der Waals surface area contributed by atoms with Crippen LogP contribution in [0.4, 0.5) is 11.4 Å². The second kappa shape index (κ2) is 8.81. The number of sulfone groups is 1. The van der Waals surface area contributed by atoms with Gasteiger partial charge in [-0.15, -0.1) is 11.8 Å². The van der Waals surface area contributed by atoms with Crippen LogP contribution in [0, 0.1) is 20.8 Å². The standard InChI is InChI=1S/C22H26N2O4S2/c1-5-18-22(26)23-17-12-16(6-7-19(17)29-18)30(27,28)9-8-20(25)24-21-14(3)10-13(2)11-15(21)4/h6-7,10-12,18H,5,8-9H2,1-4H3,(H,23,26)(H,24,25)/t18-/m0/s1. The molecule has 1 aliphatic rings. The Kier molecular flexibility index (Phi) is 6.57. The van der Waals surface area contributed by atoms with Gasteiger partial charge in [-0.3, -0.25) is 9.59 Å². The first kappa shape index (κ1) is 22.4. The number of rotatable bonds is 6. The van der Waals surface area contributed by atoms with E-state index in [0.717, 1.165) is 27.3 Å². The molecule has 6 nitrogen and oxygen atoms in total. The second-order valence-corrected chi connectivity index (χ2v) is 10.9. The fourth-order valence-electron chi connectivity index (χ4n) is 3.52. The highest BCUT2D eigenvalue weighted by Gasteiger charge is 2.27. The maximum atomic E-state index is 12.8. The summed E-state index contributed by atoms with van der Waals surface area (Å²) in [6, 6.07) is 8.68. The fourth-order valence-corrected chi connectivity index (χ4v) is 5.80. The SMILES string of the molecule is CC[C@@H]1Sc2ccc(S(=O)(=O)CCC(=O)Nc3c(C)cc(C)cc3C)cc2NC1=O. The third-order valence-electron chi connectivity index (χ3n) is 5.04. The van der Waals surface area contributed by atoms with Crippen LogP contribution < -0.4 is 10.6 Å². The lowest BCUT2D eigenvalue weighted by Gasteiger charge is -2.23. The maximum Gasteiger partial charge on any atom is 0.237 e. The van der Waals surface area contributed by atoms with Crippen molar-refractivity contribution in [2.24, 2.45) is 0 Å². The van der Waals surface area contributed by atoms with E-state index >= 15 is 0 Å². The van der Waals surface area contributed by atoms with Crippen LogP contribution in [0.2, 0.25) is 0 Å². The Morgan fingerprint density at radius 1 is 1.13 bits per heavy atom. The molecule has 2 aromatic carbocycles. The van der Waals surface area contributed by atoms with Gasteiger partial charge < -0.3 is 10.6 Å². The Morgan fingerprint density at radius 2 is 1.80 bits per heavy atom. The molecule has 3 rings (SSSR count). The molecule has 0 aliphatic carbocycles. The van der Waals surface area contributed by atoms with Crippen LogP contribution in [0.1, 0.15) is 36.5 Å². The number of benzene rings is 2. The molecule has 0 fully saturated rings. The number of hydrogen-bond donors (Lipinski definition) is 2. The lowest BCUT2D eigenvalue weighted by atomic mass is 10.1. The molecule has 30 heavy (non-hydrogen) atoms. The van der Waals surface area contributed by atoms with Crippen LogP contribution in [0.15, 0.2) is 40.1 Å². The van der Waals surface area contributed by atoms with Gasteiger partial charge in [0.2, 0.25) is 11.8 Å². The minimum atomic E-state index is -3.67. The fraction of sp³-hybridized carbons (Fsp3) is 0.364. The van der Waals surface area contributed by atoms with E-state index in [4.69, 9.17) is 0 Å². The van der Waals surface area contributed by atoms with Crippen molar-refractivity contribution < 1.29 is 18.0 Å². The van der Waals surface area contributed by atoms with Gasteiger partial charge >= 0.3 is 0 Å². The lowest BCUT2D eigenvalue weighted by Crippen LogP contribution is -2.28. The van der Waals surface area contributed by atoms with Gasteiger partial charge in [-0.05, 0) is 56.5 Å². The van der Waals surface area contributed by atoms with Crippen molar-refractivity contribution in [3.05, 3.63) is 47.0 Å². The number of carbonyl (C=O) groups excluding carboxylic acids is 2. The maximum absolute atomic E-state index is 12.8. The Morgan fingerprint density at radius 3 is 2.43 bits per heavy atom. The zero-order valence-corrected chi connectivity index (χ0v) is 19.2. The van der Waals surface area contributed by atoms with Crippen LogP contribution >= 0.6 is 11.8 Å². The highest BCUT2D eigenvalue weighted by Crippen LogP contribution is 2.38. The van der Waals surface area contributed by atoms with E-state index in [1.54, 1.807) is 6.07 Å². The van der Waals surface area contributed by atoms with E-state index in [-0.39, 0.29) is 34.1 Å². The molecule has 1 aliphatic heterocycles. The van der Waals surface area contributed by atoms with Crippen molar-refractivity contribution >= 4 is 44.8 Å². The van der Waals surface area contributed by atoms with Gasteiger partial charge in [0.05, 0.1) is 21.6 Å². The van der Waals surface area contributed by atoms with Gasteiger partial charge in [0.25, 0.3) is 0 Å². The molecule has 2 aromatic rings. The molecule has 160 valence electrons. The molecule has 0 radical (unpaired) electrons. The minimum Gasteiger partial charge on any atom is -0.326 e. The number of hydrogen-bond acceptors (Lipinski definition) is 5. The molecule has 0 spiro atoms. The molecular weight excluding hydrogens is 420 g/mol. The summed E-state index contributed by atoms with van der Waals surface area (Å²) in [5.41, 5.74) is 4.22. The molecule has 0 saturated heterocycles. The number of fused-ring (bicyclic) bond motifs is 1. The third kappa shape index (κ3) is 4.87. The van der Waals surface area contributed by atoms with Crippen molar-refractivity contribution in [3.63, 3.8) is 0 Å². The van der Waals surface area contributed by atoms with Crippen molar-refractivity contribution in [1.82, 2.24) is 0 Å². The molecule has 0 aromatic heterocycles. The second-order valence-electron chi connectivity index (χ2n) is 7.55. The molecule has 1 atom stereocenters. The predicted molar refractivity (Wildman–Crippen MR) is 121 cm³/mol. The summed E-state index contributed by atoms with van der Waals surface area (Å²) in [5, 5.41) is 5.45. The van der Waals surface area contributed by atoms with E-state index in [0.29, 0.717) is 12.1 Å². The zero-order valence-electron chi connectivity index (χ0n) is 17.5. The number of nitrogens with one attached hydrogen (secondary N) is 2. The molecule has 2 N–H and O–H groups in total. The monoisotopic (exact) mass is 446 g/mol. The van der Waals surface area contributed by atoms with Gasteiger partial charge in [-0.25, -0.2) is 8.42 Å². The first-order chi connectivity index (χ1) is 14.1. The molecule has 2 amide bonds. The largest absolute Gasteiger partial charge is 0.326 e. The minimum absolute atomic E-state index is 0.104. The lowest BCUT2D eigenvalue weighted by molar-refractivity contribution is -0.116. The van der Waals surface area contributed by atoms with E-state index in [1.165, 1.54) is 23.9 Å². The molecule has 0 saturated carbocycles. The van der Waals surface area contributed by atoms with Gasteiger partial charge in [0, 0.05) is 17.0 Å². The summed E-state index contributed by atoms with van der Waals surface area (Å²) in [7, 11) is -3.67. The van der Waals surface area contributed by atoms with E-state index < -0.39 is 9.84 Å². The van der Waals surface area contributed by atoms with Gasteiger partial charge in [-0.2, -0.15) is 0 Å². The molecular formula is C22H26N2O4S2. The van der Waals surface area contributed by atoms with Gasteiger partial charge in [0.15, 0.2) is 9.84 Å². The summed E-state index contributed by atoms with van der Waals surface area (Å²) in [5.74, 6) is -0.769. The Hall–Kier alpha value is -2.32. The van der Waals surface area contributed by atoms with E-state index in [9.17, 15) is 18.0 Å². The summed E-state index contributed by atoms with van der Waals surface area (Å²) >= 11 is 1.44. The summed E-state index contributed by atoms with van der Waals surface area (Å²) < 4.78 is 25.5. The van der Waals surface area contributed by atoms with Crippen molar-refractivity contribution in [2.75, 3.05) is 16.4 Å². The number of amides is 2. The average Bonchev–Trinajstić information content (AvgIpc) is 2.68. The Balaban J connectivity index is 1.69. The quantitative estimate of drug-likeness (QED) is 0.692. The van der Waals surface area contributed by atoms with Crippen LogP contribution in [-0.4, -0.2) is 31.2 Å². The normalized spacial score (nSPS) is 16.0. The number of thioether (sulfide) groups is 1. The summed E-state index contributed by atoms with van der Waals surface area (Å²) in [6.07, 6.45) is 0.552. The Bertz CT molecular complexity index is 1090. The first-order valence-electron chi connectivity index (χ1n) is 9.82. The van der Waals surface area contributed by atoms with Crippen LogP contribution in [0.25, 0.3) is 0 Å². The number of carbonyl (C=O) groups is 2. The summed E-state index contributed by atoms with van der Waals surface area (Å²) in [4.78, 5) is 25.4. The zero-order chi connectivity index (χ0) is 22.1. The predicted octanol–water partition coefficient (Wildman–Crippen LogP) is 4.24. The van der Waals surface area contributed by atoms with Gasteiger partial charge in [-0.1, -0.05) is 24.6 Å². The van der Waals surface area contributed by atoms with Crippen molar-refractivity contribution in [2.45, 2.75) is 55.6 Å². The highest BCUT2D eigenvalue weighted by molar-refractivity contribution is 8.01. The van der Waals surface area contributed by atoms with Crippen LogP contribution in [-0.2, 0) is 19.4 Å². The highest BCUT2D eigenvalue weighted by atomic mass is 32.2. The smallest absolute Gasteiger partial charge is 0.237 e. The summed E-state index contributed by atoms with van der Waals surface area (Å²) in [6.45, 7) is 7.75. The molecule has 1 heterocycles. The number of aryl methyl sites for hydroxylation is 3. The van der Waals surface area contributed by atoms with Gasteiger partial charge in [0.1, 0.15) is 0 Å². The van der Waals surface area contributed by atoms with E-state index in [1.807, 2.05) is 39.8 Å². The van der Waals surface area contributed by atoms with Crippen molar-refractivity contribution in [1.29, 1.82) is 0 Å². The van der Waals surface area contributed by atoms with Crippen molar-refractivity contribution in [3.8, 4) is 0 Å². The molecule has 8 heteroatoms. The first-order valence-corrected chi connectivity index (χ1v) is 12.4. The number of anilines is 2. The van der Waals surface area contributed by atoms with Crippen LogP contribution in [0.5, 0.6) is 0 Å². The van der Waals surface area contributed by atoms with E-state index in [2.05, 4.69) is 10.6 Å². The Labute approximate surface area is 181 Å². The molecule has 0 bridgehead atoms. The average molecular weight is 447 g/mol. The third-order valence-corrected chi connectivity index (χ3v) is 8.20. The molecule has 0 unspecified atom stereocenters. The van der Waals surface area contributed by atoms with Crippen LogP contribution in [0.3, 0.4) is 0 Å². The topological polar surface area (TPSA) is 92.3 Å².